The number of carboxylic acids is 2. The first kappa shape index (κ1) is 11.2. The molecule has 1 rings (SSSR count). The van der Waals surface area contributed by atoms with Crippen molar-refractivity contribution in [2.24, 2.45) is 0 Å². The summed E-state index contributed by atoms with van der Waals surface area (Å²) < 4.78 is 9.60. The van der Waals surface area contributed by atoms with Crippen LogP contribution in [0.3, 0.4) is 0 Å². The van der Waals surface area contributed by atoms with Gasteiger partial charge in [0.25, 0.3) is 0 Å². The zero-order valence-electron chi connectivity index (χ0n) is 8.05. The number of aromatic nitrogens is 1. The van der Waals surface area contributed by atoms with Gasteiger partial charge in [0.2, 0.25) is 17.3 Å². The Balaban J connectivity index is 3.21. The van der Waals surface area contributed by atoms with E-state index in [2.05, 4.69) is 4.98 Å². The van der Waals surface area contributed by atoms with E-state index in [-0.39, 0.29) is 5.89 Å². The lowest BCUT2D eigenvalue weighted by Crippen LogP contribution is -2.06. The smallest absolute Gasteiger partial charge is 0.374 e. The second kappa shape index (κ2) is 4.09. The van der Waals surface area contributed by atoms with E-state index in [0.29, 0.717) is 0 Å². The summed E-state index contributed by atoms with van der Waals surface area (Å²) in [5.74, 6) is -3.70. The molecule has 0 fully saturated rings. The third kappa shape index (κ3) is 2.13. The predicted molar refractivity (Wildman–Crippen MR) is 45.8 cm³/mol. The molecule has 0 saturated carbocycles. The molecule has 82 valence electrons. The highest BCUT2D eigenvalue weighted by molar-refractivity contribution is 5.98. The van der Waals surface area contributed by atoms with E-state index >= 15 is 0 Å². The maximum atomic E-state index is 10.6. The van der Waals surface area contributed by atoms with Crippen LogP contribution in [0.5, 0.6) is 0 Å². The van der Waals surface area contributed by atoms with Gasteiger partial charge in [-0.25, -0.2) is 14.6 Å². The molecule has 1 unspecified atom stereocenters. The predicted octanol–water partition coefficient (Wildman–Crippen LogP) is 0.778. The number of aromatic carboxylic acids is 2. The molecule has 1 atom stereocenters. The first-order valence-electron chi connectivity index (χ1n) is 3.97. The summed E-state index contributed by atoms with van der Waals surface area (Å²) in [6.45, 7) is 1.56. The van der Waals surface area contributed by atoms with Gasteiger partial charge < -0.3 is 19.4 Å². The third-order valence-electron chi connectivity index (χ3n) is 1.74. The monoisotopic (exact) mass is 215 g/mol. The third-order valence-corrected chi connectivity index (χ3v) is 1.74. The molecule has 2 N–H and O–H groups in total. The van der Waals surface area contributed by atoms with Crippen LogP contribution in [0.1, 0.15) is 40.0 Å². The molecule has 0 aliphatic carbocycles. The largest absolute Gasteiger partial charge is 0.476 e. The van der Waals surface area contributed by atoms with Crippen LogP contribution in [0, 0.1) is 0 Å². The zero-order valence-corrected chi connectivity index (χ0v) is 8.05. The average Bonchev–Trinajstić information content (AvgIpc) is 2.61. The number of carbonyl (C=O) groups is 2. The first-order valence-corrected chi connectivity index (χ1v) is 3.97. The van der Waals surface area contributed by atoms with Crippen molar-refractivity contribution in [3.8, 4) is 0 Å². The maximum absolute atomic E-state index is 10.6. The Morgan fingerprint density at radius 3 is 2.33 bits per heavy atom. The summed E-state index contributed by atoms with van der Waals surface area (Å²) in [6, 6.07) is 0. The van der Waals surface area contributed by atoms with E-state index in [9.17, 15) is 9.59 Å². The van der Waals surface area contributed by atoms with Crippen LogP contribution in [0.4, 0.5) is 0 Å². The molecule has 0 saturated heterocycles. The summed E-state index contributed by atoms with van der Waals surface area (Å²) in [7, 11) is 1.37. The molecule has 0 radical (unpaired) electrons. The highest BCUT2D eigenvalue weighted by Gasteiger charge is 2.26. The fraction of sp³-hybridized carbons (Fsp3) is 0.375. The molecule has 7 heteroatoms. The Morgan fingerprint density at radius 1 is 1.40 bits per heavy atom. The normalized spacial score (nSPS) is 12.4. The van der Waals surface area contributed by atoms with Gasteiger partial charge in [-0.3, -0.25) is 0 Å². The summed E-state index contributed by atoms with van der Waals surface area (Å²) in [4.78, 5) is 24.8. The first-order chi connectivity index (χ1) is 6.97. The standard InChI is InChI=1S/C8H9NO6/c1-3(14-2)6-9-4(7(10)11)5(15-6)8(12)13/h3H,1-2H3,(H,10,11)(H,12,13). The van der Waals surface area contributed by atoms with E-state index in [1.54, 1.807) is 6.92 Å². The summed E-state index contributed by atoms with van der Waals surface area (Å²) >= 11 is 0. The van der Waals surface area contributed by atoms with E-state index in [4.69, 9.17) is 19.4 Å². The molecular formula is C8H9NO6. The number of methoxy groups -OCH3 is 1. The van der Waals surface area contributed by atoms with Crippen LogP contribution < -0.4 is 0 Å². The van der Waals surface area contributed by atoms with Gasteiger partial charge in [-0.1, -0.05) is 0 Å². The Hall–Kier alpha value is -1.89. The van der Waals surface area contributed by atoms with Gasteiger partial charge in [0.15, 0.2) is 0 Å². The minimum absolute atomic E-state index is 0.0766. The lowest BCUT2D eigenvalue weighted by Gasteiger charge is -2.01. The van der Waals surface area contributed by atoms with Gasteiger partial charge in [0.1, 0.15) is 6.10 Å². The van der Waals surface area contributed by atoms with Gasteiger partial charge in [0.05, 0.1) is 0 Å². The summed E-state index contributed by atoms with van der Waals surface area (Å²) in [5.41, 5.74) is -0.624. The van der Waals surface area contributed by atoms with E-state index in [0.717, 1.165) is 0 Å². The van der Waals surface area contributed by atoms with Crippen molar-refractivity contribution in [3.63, 3.8) is 0 Å². The highest BCUT2D eigenvalue weighted by atomic mass is 16.5. The number of nitrogens with zero attached hydrogens (tertiary/aromatic N) is 1. The Kier molecular flexibility index (Phi) is 3.05. The molecular weight excluding hydrogens is 206 g/mol. The number of rotatable bonds is 4. The van der Waals surface area contributed by atoms with E-state index in [1.807, 2.05) is 0 Å². The molecule has 1 aromatic rings. The van der Waals surface area contributed by atoms with Crippen molar-refractivity contribution in [2.75, 3.05) is 7.11 Å². The van der Waals surface area contributed by atoms with Gasteiger partial charge in [-0.15, -0.1) is 0 Å². The van der Waals surface area contributed by atoms with Crippen LogP contribution in [-0.4, -0.2) is 34.2 Å². The van der Waals surface area contributed by atoms with Crippen molar-refractivity contribution in [1.29, 1.82) is 0 Å². The lowest BCUT2D eigenvalue weighted by molar-refractivity contribution is 0.0610. The SMILES string of the molecule is COC(C)c1nc(C(=O)O)c(C(=O)O)o1. The van der Waals surface area contributed by atoms with Gasteiger partial charge in [-0.05, 0) is 6.92 Å². The number of hydrogen-bond acceptors (Lipinski definition) is 5. The Labute approximate surface area is 84.3 Å². The van der Waals surface area contributed by atoms with Gasteiger partial charge >= 0.3 is 11.9 Å². The average molecular weight is 215 g/mol. The zero-order chi connectivity index (χ0) is 11.6. The molecule has 0 amide bonds. The minimum atomic E-state index is -1.48. The van der Waals surface area contributed by atoms with Crippen molar-refractivity contribution in [3.05, 3.63) is 17.3 Å². The fourth-order valence-corrected chi connectivity index (χ4v) is 0.901. The van der Waals surface area contributed by atoms with E-state index in [1.165, 1.54) is 7.11 Å². The molecule has 0 aliphatic heterocycles. The highest BCUT2D eigenvalue weighted by Crippen LogP contribution is 2.19. The molecule has 7 nitrogen and oxygen atoms in total. The Bertz CT molecular complexity index is 364. The van der Waals surface area contributed by atoms with Crippen LogP contribution in [0.15, 0.2) is 4.42 Å². The fourth-order valence-electron chi connectivity index (χ4n) is 0.901. The maximum Gasteiger partial charge on any atom is 0.374 e. The molecule has 1 heterocycles. The number of ether oxygens (including phenoxy) is 1. The molecule has 0 spiro atoms. The second-order valence-electron chi connectivity index (χ2n) is 2.72. The molecule has 0 aromatic carbocycles. The Morgan fingerprint density at radius 2 is 2.00 bits per heavy atom. The minimum Gasteiger partial charge on any atom is -0.476 e. The van der Waals surface area contributed by atoms with Crippen molar-refractivity contribution in [1.82, 2.24) is 4.98 Å². The van der Waals surface area contributed by atoms with Gasteiger partial charge in [0, 0.05) is 7.11 Å². The number of carboxylic acid groups (broad SMARTS) is 2. The van der Waals surface area contributed by atoms with Crippen LogP contribution in [-0.2, 0) is 4.74 Å². The van der Waals surface area contributed by atoms with Crippen LogP contribution in [0.25, 0.3) is 0 Å². The summed E-state index contributed by atoms with van der Waals surface area (Å²) in [6.07, 6.45) is -0.601. The molecule has 0 bridgehead atoms. The molecule has 1 aromatic heterocycles. The number of hydrogen-bond donors (Lipinski definition) is 2. The van der Waals surface area contributed by atoms with Crippen LogP contribution in [0.2, 0.25) is 0 Å². The number of oxazole rings is 1. The lowest BCUT2D eigenvalue weighted by atomic mass is 10.3. The topological polar surface area (TPSA) is 110 Å². The van der Waals surface area contributed by atoms with Crippen molar-refractivity contribution >= 4 is 11.9 Å². The van der Waals surface area contributed by atoms with Crippen LogP contribution >= 0.6 is 0 Å². The molecule has 15 heavy (non-hydrogen) atoms. The quantitative estimate of drug-likeness (QED) is 0.763. The van der Waals surface area contributed by atoms with Crippen molar-refractivity contribution in [2.45, 2.75) is 13.0 Å². The van der Waals surface area contributed by atoms with Crippen molar-refractivity contribution < 1.29 is 29.0 Å². The van der Waals surface area contributed by atoms with Gasteiger partial charge in [-0.2, -0.15) is 0 Å². The van der Waals surface area contributed by atoms with E-state index < -0.39 is 29.5 Å². The summed E-state index contributed by atoms with van der Waals surface area (Å²) in [5, 5.41) is 17.3. The second-order valence-corrected chi connectivity index (χ2v) is 2.72. The molecule has 0 aliphatic rings.